The number of piperidine rings is 1. The van der Waals surface area contributed by atoms with Gasteiger partial charge in [-0.25, -0.2) is 4.39 Å². The first kappa shape index (κ1) is 16.9. The lowest BCUT2D eigenvalue weighted by Gasteiger charge is -2.32. The van der Waals surface area contributed by atoms with Crippen molar-refractivity contribution >= 4 is 0 Å². The predicted molar refractivity (Wildman–Crippen MR) is 89.5 cm³/mol. The van der Waals surface area contributed by atoms with E-state index in [1.165, 1.54) is 6.07 Å². The van der Waals surface area contributed by atoms with Crippen LogP contribution in [0, 0.1) is 5.82 Å². The molecule has 1 aliphatic rings. The van der Waals surface area contributed by atoms with Gasteiger partial charge in [-0.2, -0.15) is 5.10 Å². The fourth-order valence-corrected chi connectivity index (χ4v) is 3.29. The lowest BCUT2D eigenvalue weighted by Crippen LogP contribution is -2.34. The monoisotopic (exact) mass is 333 g/mol. The number of aliphatic hydroxyl groups excluding tert-OH is 1. The number of hydrogen-bond acceptors (Lipinski definition) is 4. The minimum absolute atomic E-state index is 0.0919. The maximum atomic E-state index is 14.2. The molecule has 1 aliphatic heterocycles. The summed E-state index contributed by atoms with van der Waals surface area (Å²) in [5.41, 5.74) is 1.76. The van der Waals surface area contributed by atoms with Gasteiger partial charge in [0.25, 0.3) is 0 Å². The van der Waals surface area contributed by atoms with Gasteiger partial charge in [-0.15, -0.1) is 0 Å². The maximum Gasteiger partial charge on any atom is 0.131 e. The third-order valence-corrected chi connectivity index (χ3v) is 4.57. The predicted octanol–water partition coefficient (Wildman–Crippen LogP) is 2.40. The number of halogens is 1. The van der Waals surface area contributed by atoms with Gasteiger partial charge in [-0.05, 0) is 31.5 Å². The highest BCUT2D eigenvalue weighted by Gasteiger charge is 2.23. The molecular weight excluding hydrogens is 309 g/mol. The van der Waals surface area contributed by atoms with Gasteiger partial charge in [0.2, 0.25) is 0 Å². The van der Waals surface area contributed by atoms with Crippen molar-refractivity contribution in [3.63, 3.8) is 0 Å². The molecule has 5 nitrogen and oxygen atoms in total. The van der Waals surface area contributed by atoms with Crippen LogP contribution in [0.5, 0.6) is 5.75 Å². The van der Waals surface area contributed by atoms with E-state index in [4.69, 9.17) is 9.84 Å². The van der Waals surface area contributed by atoms with Crippen LogP contribution in [0.4, 0.5) is 4.39 Å². The lowest BCUT2D eigenvalue weighted by atomic mass is 9.94. The average molecular weight is 333 g/mol. The number of aliphatic hydroxyl groups is 1. The van der Waals surface area contributed by atoms with E-state index in [-0.39, 0.29) is 12.4 Å². The number of likely N-dealkylation sites (tertiary alicyclic amines) is 1. The molecule has 1 fully saturated rings. The molecule has 0 bridgehead atoms. The molecule has 1 aromatic carbocycles. The van der Waals surface area contributed by atoms with E-state index >= 15 is 0 Å². The van der Waals surface area contributed by atoms with E-state index in [1.807, 2.05) is 12.3 Å². The summed E-state index contributed by atoms with van der Waals surface area (Å²) >= 11 is 0. The van der Waals surface area contributed by atoms with Crippen molar-refractivity contribution in [3.8, 4) is 5.75 Å². The SMILES string of the molecule is COc1ccc(CN2CCC[C@H](c3ccn(CCO)n3)C2)c(F)c1. The first-order valence-electron chi connectivity index (χ1n) is 8.38. The van der Waals surface area contributed by atoms with Crippen molar-refractivity contribution < 1.29 is 14.2 Å². The summed E-state index contributed by atoms with van der Waals surface area (Å²) in [5, 5.41) is 13.5. The smallest absolute Gasteiger partial charge is 0.131 e. The number of benzene rings is 1. The van der Waals surface area contributed by atoms with Crippen molar-refractivity contribution in [1.29, 1.82) is 0 Å². The van der Waals surface area contributed by atoms with E-state index in [2.05, 4.69) is 10.00 Å². The molecular formula is C18H24FN3O2. The summed E-state index contributed by atoms with van der Waals surface area (Å²) in [5.74, 6) is 0.686. The number of rotatable bonds is 6. The van der Waals surface area contributed by atoms with Gasteiger partial charge in [0.15, 0.2) is 0 Å². The number of aromatic nitrogens is 2. The lowest BCUT2D eigenvalue weighted by molar-refractivity contribution is 0.195. The first-order chi connectivity index (χ1) is 11.7. The van der Waals surface area contributed by atoms with E-state index in [0.29, 0.717) is 30.3 Å². The number of nitrogens with zero attached hydrogens (tertiary/aromatic N) is 3. The minimum atomic E-state index is -0.219. The Labute approximate surface area is 141 Å². The molecule has 0 aliphatic carbocycles. The van der Waals surface area contributed by atoms with Crippen LogP contribution >= 0.6 is 0 Å². The van der Waals surface area contributed by atoms with Gasteiger partial charge in [0.1, 0.15) is 11.6 Å². The van der Waals surface area contributed by atoms with Crippen LogP contribution in [-0.4, -0.2) is 46.6 Å². The third-order valence-electron chi connectivity index (χ3n) is 4.57. The molecule has 0 saturated carbocycles. The second-order valence-electron chi connectivity index (χ2n) is 6.26. The summed E-state index contributed by atoms with van der Waals surface area (Å²) in [7, 11) is 1.54. The van der Waals surface area contributed by atoms with Gasteiger partial charge < -0.3 is 9.84 Å². The van der Waals surface area contributed by atoms with Crippen LogP contribution in [0.3, 0.4) is 0 Å². The number of methoxy groups -OCH3 is 1. The van der Waals surface area contributed by atoms with Crippen molar-refractivity contribution in [1.82, 2.24) is 14.7 Å². The summed E-state index contributed by atoms with van der Waals surface area (Å²) in [6.07, 6.45) is 4.08. The molecule has 0 radical (unpaired) electrons. The van der Waals surface area contributed by atoms with Gasteiger partial charge >= 0.3 is 0 Å². The zero-order valence-corrected chi connectivity index (χ0v) is 14.0. The Bertz CT molecular complexity index is 674. The van der Waals surface area contributed by atoms with Crippen LogP contribution in [-0.2, 0) is 13.1 Å². The summed E-state index contributed by atoms with van der Waals surface area (Å²) in [6, 6.07) is 7.06. The first-order valence-corrected chi connectivity index (χ1v) is 8.38. The van der Waals surface area contributed by atoms with Gasteiger partial charge in [-0.3, -0.25) is 9.58 Å². The molecule has 2 aromatic rings. The quantitative estimate of drug-likeness (QED) is 0.882. The number of hydrogen-bond donors (Lipinski definition) is 1. The molecule has 3 rings (SSSR count). The summed E-state index contributed by atoms with van der Waals surface area (Å²) in [4.78, 5) is 2.28. The third kappa shape index (κ3) is 3.94. The molecule has 24 heavy (non-hydrogen) atoms. The zero-order chi connectivity index (χ0) is 16.9. The van der Waals surface area contributed by atoms with Crippen molar-refractivity contribution in [2.24, 2.45) is 0 Å². The molecule has 0 spiro atoms. The second-order valence-corrected chi connectivity index (χ2v) is 6.26. The van der Waals surface area contributed by atoms with Crippen LogP contribution < -0.4 is 4.74 Å². The molecule has 1 saturated heterocycles. The Kier molecular flexibility index (Phi) is 5.48. The molecule has 1 atom stereocenters. The highest BCUT2D eigenvalue weighted by molar-refractivity contribution is 5.29. The van der Waals surface area contributed by atoms with E-state index < -0.39 is 0 Å². The fraction of sp³-hybridized carbons (Fsp3) is 0.500. The minimum Gasteiger partial charge on any atom is -0.497 e. The number of ether oxygens (including phenoxy) is 1. The van der Waals surface area contributed by atoms with Crippen LogP contribution in [0.1, 0.15) is 30.0 Å². The second kappa shape index (κ2) is 7.77. The Hall–Kier alpha value is -1.92. The van der Waals surface area contributed by atoms with E-state index in [9.17, 15) is 4.39 Å². The molecule has 2 heterocycles. The molecule has 6 heteroatoms. The maximum absolute atomic E-state index is 14.2. The van der Waals surface area contributed by atoms with Gasteiger partial charge in [0, 0.05) is 36.8 Å². The Balaban J connectivity index is 1.64. The van der Waals surface area contributed by atoms with E-state index in [0.717, 1.165) is 31.6 Å². The Morgan fingerprint density at radius 3 is 3.00 bits per heavy atom. The summed E-state index contributed by atoms with van der Waals surface area (Å²) < 4.78 is 21.0. The van der Waals surface area contributed by atoms with Gasteiger partial charge in [-0.1, -0.05) is 6.07 Å². The normalized spacial score (nSPS) is 18.7. The highest BCUT2D eigenvalue weighted by atomic mass is 19.1. The molecule has 130 valence electrons. The highest BCUT2D eigenvalue weighted by Crippen LogP contribution is 2.27. The van der Waals surface area contributed by atoms with Crippen LogP contribution in [0.15, 0.2) is 30.5 Å². The fourth-order valence-electron chi connectivity index (χ4n) is 3.29. The average Bonchev–Trinajstić information content (AvgIpc) is 3.06. The topological polar surface area (TPSA) is 50.5 Å². The van der Waals surface area contributed by atoms with E-state index in [1.54, 1.807) is 23.9 Å². The zero-order valence-electron chi connectivity index (χ0n) is 14.0. The van der Waals surface area contributed by atoms with Crippen LogP contribution in [0.2, 0.25) is 0 Å². The summed E-state index contributed by atoms with van der Waals surface area (Å²) in [6.45, 7) is 3.06. The molecule has 1 aromatic heterocycles. The van der Waals surface area contributed by atoms with Crippen molar-refractivity contribution in [2.75, 3.05) is 26.8 Å². The largest absolute Gasteiger partial charge is 0.497 e. The Morgan fingerprint density at radius 1 is 1.38 bits per heavy atom. The van der Waals surface area contributed by atoms with Crippen molar-refractivity contribution in [3.05, 3.63) is 47.5 Å². The molecule has 0 amide bonds. The molecule has 1 N–H and O–H groups in total. The Morgan fingerprint density at radius 2 is 2.25 bits per heavy atom. The van der Waals surface area contributed by atoms with Crippen LogP contribution in [0.25, 0.3) is 0 Å². The van der Waals surface area contributed by atoms with Crippen molar-refractivity contribution in [2.45, 2.75) is 31.8 Å². The standard InChI is InChI=1S/C18H24FN3O2/c1-24-16-5-4-14(17(19)11-16)12-21-7-2-3-15(13-21)18-6-8-22(20-18)9-10-23/h4-6,8,11,15,23H,2-3,7,9-10,12-13H2,1H3/t15-/m0/s1. The van der Waals surface area contributed by atoms with Gasteiger partial charge in [0.05, 0.1) is 26.0 Å². The molecule has 0 unspecified atom stereocenters.